The predicted molar refractivity (Wildman–Crippen MR) is 546 cm³/mol. The van der Waals surface area contributed by atoms with Gasteiger partial charge in [-0.05, 0) is 232 Å². The lowest BCUT2D eigenvalue weighted by Crippen LogP contribution is -2.61. The molecule has 0 aliphatic carbocycles. The van der Waals surface area contributed by atoms with Crippen molar-refractivity contribution in [2.24, 2.45) is 0 Å². The number of aromatic nitrogens is 4. The van der Waals surface area contributed by atoms with E-state index in [1.165, 1.54) is 257 Å². The van der Waals surface area contributed by atoms with E-state index >= 15 is 0 Å². The molecule has 8 heterocycles. The summed E-state index contributed by atoms with van der Waals surface area (Å²) in [5, 5.41) is 30.3. The Balaban J connectivity index is 0.594. The number of nitrogens with zero attached hydrogens (tertiary/aromatic N) is 6. The number of rotatable bonds is 7. The zero-order chi connectivity index (χ0) is 83.9. The van der Waals surface area contributed by atoms with Gasteiger partial charge < -0.3 is 27.9 Å². The molecule has 0 fully saturated rings. The van der Waals surface area contributed by atoms with Crippen molar-refractivity contribution in [3.05, 3.63) is 387 Å². The summed E-state index contributed by atoms with van der Waals surface area (Å²) in [6, 6.07) is 143. The van der Waals surface area contributed by atoms with Crippen LogP contribution in [0.25, 0.3) is 213 Å². The minimum atomic E-state index is -0.268. The standard InChI is InChI=1S/C120H78B2N6/c1-119(2,3)81-57-77-46-53-90-106-92(54-48-78(58-81)103(77)106)113-110-108(90)96-63-71-26-14-16-28-73(71)65-101(96)127(122(110)98-64-72-27-15-17-29-74(72)66-102(98)125(113)85-50-44-69-24-12-13-25-70(69)61-85)86-51-45-75-56-68(42-43-76(75)62-86)67-120(4,5)82-59-79-47-52-89-105-93(55-49-80(60-82)104(79)105)114-109-107(89)91-36-22-37-94-111(91)128(118-88-35-19-21-41-100(88)124(117(94)118)84-32-10-7-11-33-84)121(109)97-39-23-38-95-112(97)126(114)115-87-34-18-20-40-99(87)123(116(95)115)83-30-8-6-9-31-83/h6-66H,67H2,1-5H3. The smallest absolute Gasteiger partial charge is 0.333 e. The van der Waals surface area contributed by atoms with Crippen molar-refractivity contribution in [1.82, 2.24) is 18.2 Å². The second-order valence-electron chi connectivity index (χ2n) is 38.7. The normalized spacial score (nSPS) is 13.6. The van der Waals surface area contributed by atoms with E-state index < -0.39 is 0 Å². The molecule has 4 aliphatic heterocycles. The topological polar surface area (TPSA) is 26.2 Å². The number of hydrogen-bond acceptors (Lipinski definition) is 2. The monoisotopic (exact) mass is 1620 g/mol. The first-order chi connectivity index (χ1) is 62.9. The van der Waals surface area contributed by atoms with Crippen LogP contribution in [0.5, 0.6) is 0 Å². The van der Waals surface area contributed by atoms with Crippen LogP contribution >= 0.6 is 0 Å². The molecule has 128 heavy (non-hydrogen) atoms. The van der Waals surface area contributed by atoms with Gasteiger partial charge in [-0.3, -0.25) is 0 Å². The number of benzene rings is 22. The van der Waals surface area contributed by atoms with Crippen molar-refractivity contribution in [1.29, 1.82) is 0 Å². The largest absolute Gasteiger partial charge is 0.376 e. The van der Waals surface area contributed by atoms with E-state index in [-0.39, 0.29) is 24.5 Å². The van der Waals surface area contributed by atoms with Crippen molar-refractivity contribution in [2.75, 3.05) is 9.71 Å². The molecule has 4 aliphatic rings. The molecule has 0 bridgehead atoms. The summed E-state index contributed by atoms with van der Waals surface area (Å²) >= 11 is 0. The Hall–Kier alpha value is -15.6. The molecule has 0 N–H and O–H groups in total. The quantitative estimate of drug-likeness (QED) is 0.117. The Morgan fingerprint density at radius 3 is 1.38 bits per heavy atom. The third-order valence-corrected chi connectivity index (χ3v) is 30.4. The van der Waals surface area contributed by atoms with Gasteiger partial charge in [0.15, 0.2) is 0 Å². The lowest BCUT2D eigenvalue weighted by molar-refractivity contribution is 0.524. The molecular formula is C120H78B2N6. The molecule has 0 unspecified atom stereocenters. The summed E-state index contributed by atoms with van der Waals surface area (Å²) in [5.41, 5.74) is 33.6. The molecule has 6 nitrogen and oxygen atoms in total. The minimum Gasteiger partial charge on any atom is -0.376 e. The zero-order valence-electron chi connectivity index (χ0n) is 71.3. The Morgan fingerprint density at radius 1 is 0.258 bits per heavy atom. The van der Waals surface area contributed by atoms with Crippen LogP contribution in [-0.2, 0) is 17.3 Å². The number of anilines is 5. The van der Waals surface area contributed by atoms with Gasteiger partial charge >= 0.3 is 13.7 Å². The van der Waals surface area contributed by atoms with Gasteiger partial charge in [-0.25, -0.2) is 0 Å². The molecule has 22 aromatic carbocycles. The lowest BCUT2D eigenvalue weighted by atomic mass is 9.42. The molecule has 0 spiro atoms. The van der Waals surface area contributed by atoms with Crippen LogP contribution < -0.4 is 31.6 Å². The van der Waals surface area contributed by atoms with Gasteiger partial charge in [0.05, 0.1) is 50.0 Å². The average Bonchev–Trinajstić information content (AvgIpc) is 1.58. The van der Waals surface area contributed by atoms with Gasteiger partial charge in [0.25, 0.3) is 0 Å². The van der Waals surface area contributed by atoms with E-state index in [4.69, 9.17) is 0 Å². The summed E-state index contributed by atoms with van der Waals surface area (Å²) in [6.45, 7) is 11.6. The van der Waals surface area contributed by atoms with Crippen LogP contribution in [0.4, 0.5) is 28.4 Å². The molecule has 0 saturated carbocycles. The van der Waals surface area contributed by atoms with Crippen LogP contribution in [0.15, 0.2) is 370 Å². The van der Waals surface area contributed by atoms with Crippen molar-refractivity contribution < 1.29 is 0 Å². The van der Waals surface area contributed by atoms with E-state index in [2.05, 4.69) is 433 Å². The van der Waals surface area contributed by atoms with E-state index in [9.17, 15) is 0 Å². The molecule has 30 rings (SSSR count). The number of para-hydroxylation sites is 6. The van der Waals surface area contributed by atoms with Gasteiger partial charge in [-0.15, -0.1) is 0 Å². The highest BCUT2D eigenvalue weighted by molar-refractivity contribution is 6.95. The van der Waals surface area contributed by atoms with Gasteiger partial charge in [0, 0.05) is 93.9 Å². The van der Waals surface area contributed by atoms with E-state index in [1.807, 2.05) is 0 Å². The van der Waals surface area contributed by atoms with Gasteiger partial charge in [0.1, 0.15) is 0 Å². The van der Waals surface area contributed by atoms with Gasteiger partial charge in [0.2, 0.25) is 0 Å². The van der Waals surface area contributed by atoms with Crippen molar-refractivity contribution in [3.8, 4) is 39.3 Å². The molecule has 4 aromatic heterocycles. The first-order valence-corrected chi connectivity index (χ1v) is 45.4. The molecule has 594 valence electrons. The van der Waals surface area contributed by atoms with Crippen LogP contribution in [0.2, 0.25) is 0 Å². The van der Waals surface area contributed by atoms with Crippen LogP contribution in [0.3, 0.4) is 0 Å². The maximum absolute atomic E-state index is 2.79. The summed E-state index contributed by atoms with van der Waals surface area (Å²) < 4.78 is 10.6. The Bertz CT molecular complexity index is 9510. The summed E-state index contributed by atoms with van der Waals surface area (Å²) in [6.07, 6.45) is 0.846. The summed E-state index contributed by atoms with van der Waals surface area (Å²) in [5.74, 6) is 0. The fourth-order valence-electron chi connectivity index (χ4n) is 25.0. The van der Waals surface area contributed by atoms with E-state index in [1.54, 1.807) is 0 Å². The predicted octanol–water partition coefficient (Wildman–Crippen LogP) is 28.7. The number of hydrogen-bond donors (Lipinski definition) is 0. The van der Waals surface area contributed by atoms with Gasteiger partial charge in [-0.1, -0.05) is 326 Å². The fourth-order valence-corrected chi connectivity index (χ4v) is 25.0. The van der Waals surface area contributed by atoms with Crippen molar-refractivity contribution >= 4 is 237 Å². The highest BCUT2D eigenvalue weighted by Gasteiger charge is 2.49. The van der Waals surface area contributed by atoms with Crippen LogP contribution in [0.1, 0.15) is 51.3 Å². The average molecular weight is 1630 g/mol. The first-order valence-electron chi connectivity index (χ1n) is 45.4. The maximum Gasteiger partial charge on any atom is 0.333 e. The molecule has 26 aromatic rings. The summed E-state index contributed by atoms with van der Waals surface area (Å²) in [7, 11) is 0. The highest BCUT2D eigenvalue weighted by atomic mass is 15.2. The highest BCUT2D eigenvalue weighted by Crippen LogP contribution is 2.58. The Morgan fingerprint density at radius 2 is 0.719 bits per heavy atom. The molecule has 0 saturated heterocycles. The molecule has 0 radical (unpaired) electrons. The van der Waals surface area contributed by atoms with Crippen molar-refractivity contribution in [2.45, 2.75) is 51.9 Å². The van der Waals surface area contributed by atoms with Crippen LogP contribution in [-0.4, -0.2) is 31.9 Å². The molecular weight excluding hydrogens is 1550 g/mol. The second-order valence-corrected chi connectivity index (χ2v) is 38.7. The third kappa shape index (κ3) is 8.98. The number of fused-ring (bicyclic) bond motifs is 26. The van der Waals surface area contributed by atoms with E-state index in [0.29, 0.717) is 0 Å². The minimum absolute atomic E-state index is 0.0265. The SMILES string of the molecule is CC(C)(C)c1cc2ccc3c4c5c(c6ccc(c1)c2c36)N(c1ccc2ccccc2c1)c1cc2ccccc2cc1B5N(c1ccc2cc(CC(C)(C)c3cc5ccc6c7c8c(c9ccc(c3)c5c69)-n3c5c(cccc5c5c3c3ccccc3n5-c3ccccc3)B8n3c5c-7cccc5c5c3c3ccccc3n5-c3ccccc3)ccc2c1)c1cc2ccccc2cc1-4. The first kappa shape index (κ1) is 69.7. The Labute approximate surface area is 738 Å². The second kappa shape index (κ2) is 24.5. The van der Waals surface area contributed by atoms with E-state index in [0.717, 1.165) is 29.2 Å². The van der Waals surface area contributed by atoms with Gasteiger partial charge in [-0.2, -0.15) is 0 Å². The maximum atomic E-state index is 2.79. The molecule has 0 amide bonds. The molecule has 0 atom stereocenters. The lowest BCUT2D eigenvalue weighted by Gasteiger charge is -2.47. The fraction of sp³-hybridized carbons (Fsp3) is 0.0667. The molecule has 8 heteroatoms. The summed E-state index contributed by atoms with van der Waals surface area (Å²) in [4.78, 5) is 5.40. The van der Waals surface area contributed by atoms with Crippen LogP contribution in [0, 0.1) is 0 Å². The third-order valence-electron chi connectivity index (χ3n) is 30.4. The van der Waals surface area contributed by atoms with Crippen molar-refractivity contribution in [3.63, 3.8) is 0 Å². The zero-order valence-corrected chi connectivity index (χ0v) is 71.3. The Kier molecular flexibility index (Phi) is 13.3.